The Morgan fingerprint density at radius 2 is 2.17 bits per heavy atom. The van der Waals surface area contributed by atoms with Crippen molar-refractivity contribution < 1.29 is 9.21 Å². The van der Waals surface area contributed by atoms with E-state index < -0.39 is 11.9 Å². The molecule has 1 unspecified atom stereocenters. The molecule has 1 aromatic heterocycles. The second-order valence-corrected chi connectivity index (χ2v) is 4.51. The quantitative estimate of drug-likeness (QED) is 0.707. The van der Waals surface area contributed by atoms with Crippen LogP contribution in [0.25, 0.3) is 11.1 Å². The zero-order valence-corrected chi connectivity index (χ0v) is 10.3. The van der Waals surface area contributed by atoms with E-state index in [0.29, 0.717) is 16.8 Å². The van der Waals surface area contributed by atoms with Gasteiger partial charge >= 0.3 is 0 Å². The van der Waals surface area contributed by atoms with Crippen LogP contribution in [0.4, 0.5) is 11.7 Å². The zero-order valence-electron chi connectivity index (χ0n) is 10.3. The molecular formula is C12H16N4O2. The van der Waals surface area contributed by atoms with Crippen LogP contribution in [0.15, 0.2) is 22.6 Å². The first-order chi connectivity index (χ1) is 8.47. The van der Waals surface area contributed by atoms with Crippen molar-refractivity contribution in [3.8, 4) is 0 Å². The Morgan fingerprint density at radius 3 is 2.78 bits per heavy atom. The second-order valence-electron chi connectivity index (χ2n) is 4.51. The molecule has 0 fully saturated rings. The van der Waals surface area contributed by atoms with Gasteiger partial charge in [0, 0.05) is 5.69 Å². The van der Waals surface area contributed by atoms with E-state index in [0.717, 1.165) is 0 Å². The Labute approximate surface area is 104 Å². The Balaban J connectivity index is 2.28. The predicted octanol–water partition coefficient (Wildman–Crippen LogP) is 1.33. The third-order valence-electron chi connectivity index (χ3n) is 2.66. The minimum Gasteiger partial charge on any atom is -0.424 e. The third kappa shape index (κ3) is 2.37. The number of fused-ring (bicyclic) bond motifs is 1. The lowest BCUT2D eigenvalue weighted by Gasteiger charge is -2.17. The molecular weight excluding hydrogens is 232 g/mol. The number of hydrogen-bond acceptors (Lipinski definition) is 5. The van der Waals surface area contributed by atoms with Gasteiger partial charge in [-0.25, -0.2) is 0 Å². The van der Waals surface area contributed by atoms with Crippen molar-refractivity contribution >= 4 is 28.7 Å². The van der Waals surface area contributed by atoms with E-state index in [4.69, 9.17) is 15.9 Å². The fourth-order valence-corrected chi connectivity index (χ4v) is 1.71. The number of anilines is 2. The Bertz CT molecular complexity index is 576. The number of nitrogens with zero attached hydrogens (tertiary/aromatic N) is 1. The van der Waals surface area contributed by atoms with Crippen molar-refractivity contribution in [1.29, 1.82) is 0 Å². The monoisotopic (exact) mass is 248 g/mol. The smallest absolute Gasteiger partial charge is 0.296 e. The van der Waals surface area contributed by atoms with Gasteiger partial charge in [0.05, 0.1) is 0 Å². The minimum absolute atomic E-state index is 0.0441. The number of nitrogen functional groups attached to an aromatic ring is 1. The molecule has 0 radical (unpaired) electrons. The normalized spacial score (nSPS) is 12.8. The van der Waals surface area contributed by atoms with Crippen LogP contribution in [0.1, 0.15) is 13.8 Å². The van der Waals surface area contributed by atoms with Gasteiger partial charge in [-0.1, -0.05) is 13.8 Å². The van der Waals surface area contributed by atoms with Crippen LogP contribution < -0.4 is 16.8 Å². The van der Waals surface area contributed by atoms with Gasteiger partial charge in [0.1, 0.15) is 11.6 Å². The Hall–Kier alpha value is -2.24. The van der Waals surface area contributed by atoms with Crippen LogP contribution in [0, 0.1) is 5.92 Å². The molecule has 1 heterocycles. The minimum atomic E-state index is -0.518. The summed E-state index contributed by atoms with van der Waals surface area (Å²) in [6.07, 6.45) is 0. The maximum Gasteiger partial charge on any atom is 0.296 e. The van der Waals surface area contributed by atoms with Crippen molar-refractivity contribution in [1.82, 2.24) is 4.98 Å². The lowest BCUT2D eigenvalue weighted by atomic mass is 10.0. The predicted molar refractivity (Wildman–Crippen MR) is 69.9 cm³/mol. The SMILES string of the molecule is CC(C)C(Nc1nc2cc(N)ccc2o1)C(N)=O. The standard InChI is InChI=1S/C12H16N4O2/c1-6(2)10(11(14)17)16-12-15-8-5-7(13)3-4-9(8)18-12/h3-6,10H,13H2,1-2H3,(H2,14,17)(H,15,16). The summed E-state index contributed by atoms with van der Waals surface area (Å²) in [5.41, 5.74) is 12.8. The lowest BCUT2D eigenvalue weighted by Crippen LogP contribution is -2.39. The molecule has 6 heteroatoms. The summed E-state index contributed by atoms with van der Waals surface area (Å²) in [4.78, 5) is 15.5. The number of nitrogens with one attached hydrogen (secondary N) is 1. The third-order valence-corrected chi connectivity index (χ3v) is 2.66. The summed E-state index contributed by atoms with van der Waals surface area (Å²) in [7, 11) is 0. The van der Waals surface area contributed by atoms with E-state index in [1.807, 2.05) is 13.8 Å². The highest BCUT2D eigenvalue weighted by molar-refractivity contribution is 5.83. The fourth-order valence-electron chi connectivity index (χ4n) is 1.71. The molecule has 2 rings (SSSR count). The Morgan fingerprint density at radius 1 is 1.44 bits per heavy atom. The van der Waals surface area contributed by atoms with Crippen molar-refractivity contribution in [2.24, 2.45) is 11.7 Å². The summed E-state index contributed by atoms with van der Waals surface area (Å²) >= 11 is 0. The van der Waals surface area contributed by atoms with Gasteiger partial charge in [-0.15, -0.1) is 0 Å². The number of primary amides is 1. The van der Waals surface area contributed by atoms with Gasteiger partial charge in [0.25, 0.3) is 6.01 Å². The van der Waals surface area contributed by atoms with Crippen LogP contribution in [0.2, 0.25) is 0 Å². The Kier molecular flexibility index (Phi) is 3.10. The molecule has 0 aliphatic rings. The molecule has 2 aromatic rings. The molecule has 0 aliphatic heterocycles. The summed E-state index contributed by atoms with van der Waals surface area (Å²) in [6.45, 7) is 3.78. The number of nitrogens with two attached hydrogens (primary N) is 2. The number of benzene rings is 1. The molecule has 18 heavy (non-hydrogen) atoms. The van der Waals surface area contributed by atoms with E-state index in [9.17, 15) is 4.79 Å². The van der Waals surface area contributed by atoms with Gasteiger partial charge in [-0.2, -0.15) is 4.98 Å². The number of amides is 1. The van der Waals surface area contributed by atoms with Crippen molar-refractivity contribution in [2.45, 2.75) is 19.9 Å². The number of aromatic nitrogens is 1. The largest absolute Gasteiger partial charge is 0.424 e. The molecule has 0 saturated heterocycles. The number of rotatable bonds is 4. The molecule has 0 saturated carbocycles. The molecule has 0 aliphatic carbocycles. The number of carbonyl (C=O) groups is 1. The average Bonchev–Trinajstić information content (AvgIpc) is 2.66. The van der Waals surface area contributed by atoms with Crippen LogP contribution in [-0.2, 0) is 4.79 Å². The maximum absolute atomic E-state index is 11.3. The molecule has 6 nitrogen and oxygen atoms in total. The van der Waals surface area contributed by atoms with E-state index >= 15 is 0 Å². The maximum atomic E-state index is 11.3. The summed E-state index contributed by atoms with van der Waals surface area (Å²) in [5.74, 6) is -0.394. The van der Waals surface area contributed by atoms with Crippen LogP contribution >= 0.6 is 0 Å². The first-order valence-corrected chi connectivity index (χ1v) is 5.69. The lowest BCUT2D eigenvalue weighted by molar-refractivity contribution is -0.119. The van der Waals surface area contributed by atoms with Crippen molar-refractivity contribution in [3.63, 3.8) is 0 Å². The van der Waals surface area contributed by atoms with Crippen LogP contribution in [0.5, 0.6) is 0 Å². The highest BCUT2D eigenvalue weighted by atomic mass is 16.4. The molecule has 1 aromatic carbocycles. The number of hydrogen-bond donors (Lipinski definition) is 3. The van der Waals surface area contributed by atoms with Gasteiger partial charge in [0.15, 0.2) is 5.58 Å². The first-order valence-electron chi connectivity index (χ1n) is 5.69. The molecule has 1 atom stereocenters. The number of carbonyl (C=O) groups excluding carboxylic acids is 1. The summed E-state index contributed by atoms with van der Waals surface area (Å²) in [6, 6.07) is 4.92. The van der Waals surface area contributed by atoms with E-state index in [1.165, 1.54) is 0 Å². The zero-order chi connectivity index (χ0) is 13.3. The molecule has 5 N–H and O–H groups in total. The first kappa shape index (κ1) is 12.2. The van der Waals surface area contributed by atoms with E-state index in [2.05, 4.69) is 10.3 Å². The molecule has 96 valence electrons. The topological polar surface area (TPSA) is 107 Å². The number of oxazole rings is 1. The van der Waals surface area contributed by atoms with Gasteiger partial charge in [0.2, 0.25) is 5.91 Å². The van der Waals surface area contributed by atoms with Gasteiger partial charge < -0.3 is 21.2 Å². The molecule has 1 amide bonds. The van der Waals surface area contributed by atoms with Crippen LogP contribution in [-0.4, -0.2) is 16.9 Å². The fraction of sp³-hybridized carbons (Fsp3) is 0.333. The van der Waals surface area contributed by atoms with Gasteiger partial charge in [-0.05, 0) is 24.1 Å². The van der Waals surface area contributed by atoms with Crippen molar-refractivity contribution in [2.75, 3.05) is 11.1 Å². The van der Waals surface area contributed by atoms with Crippen LogP contribution in [0.3, 0.4) is 0 Å². The average molecular weight is 248 g/mol. The summed E-state index contributed by atoms with van der Waals surface area (Å²) in [5, 5.41) is 2.89. The second kappa shape index (κ2) is 4.56. The van der Waals surface area contributed by atoms with Crippen molar-refractivity contribution in [3.05, 3.63) is 18.2 Å². The van der Waals surface area contributed by atoms with Gasteiger partial charge in [-0.3, -0.25) is 4.79 Å². The highest BCUT2D eigenvalue weighted by Gasteiger charge is 2.21. The van der Waals surface area contributed by atoms with E-state index in [1.54, 1.807) is 18.2 Å². The summed E-state index contributed by atoms with van der Waals surface area (Å²) < 4.78 is 5.47. The van der Waals surface area contributed by atoms with E-state index in [-0.39, 0.29) is 11.9 Å². The highest BCUT2D eigenvalue weighted by Crippen LogP contribution is 2.22. The molecule has 0 spiro atoms. The molecule has 0 bridgehead atoms.